The van der Waals surface area contributed by atoms with Gasteiger partial charge in [-0.2, -0.15) is 0 Å². The molecule has 0 unspecified atom stereocenters. The van der Waals surface area contributed by atoms with Crippen molar-refractivity contribution in [2.75, 3.05) is 13.4 Å². The Morgan fingerprint density at radius 2 is 1.89 bits per heavy atom. The van der Waals surface area contributed by atoms with Gasteiger partial charge in [0.2, 0.25) is 0 Å². The van der Waals surface area contributed by atoms with Crippen molar-refractivity contribution in [3.8, 4) is 5.75 Å². The van der Waals surface area contributed by atoms with Crippen molar-refractivity contribution in [3.05, 3.63) is 69.6 Å². The molecule has 1 aromatic heterocycles. The van der Waals surface area contributed by atoms with Gasteiger partial charge in [0, 0.05) is 28.3 Å². The van der Waals surface area contributed by atoms with Crippen molar-refractivity contribution >= 4 is 28.7 Å². The summed E-state index contributed by atoms with van der Waals surface area (Å²) in [5.41, 5.74) is 2.29. The van der Waals surface area contributed by atoms with E-state index in [9.17, 15) is 9.59 Å². The first-order valence-corrected chi connectivity index (χ1v) is 10.1. The third-order valence-corrected chi connectivity index (χ3v) is 5.38. The van der Waals surface area contributed by atoms with Gasteiger partial charge in [0.15, 0.2) is 0 Å². The fourth-order valence-corrected chi connectivity index (χ4v) is 3.38. The summed E-state index contributed by atoms with van der Waals surface area (Å²) in [6.07, 6.45) is 2.41. The van der Waals surface area contributed by atoms with E-state index in [1.54, 1.807) is 24.9 Å². The number of hydrogen-bond donors (Lipinski definition) is 0. The highest BCUT2D eigenvalue weighted by Crippen LogP contribution is 2.24. The third-order valence-electron chi connectivity index (χ3n) is 4.63. The maximum atomic E-state index is 12.3. The highest BCUT2D eigenvalue weighted by Gasteiger charge is 2.14. The van der Waals surface area contributed by atoms with Gasteiger partial charge in [0.25, 0.3) is 0 Å². The largest absolute Gasteiger partial charge is 0.497 e. The zero-order valence-electron chi connectivity index (χ0n) is 16.1. The summed E-state index contributed by atoms with van der Waals surface area (Å²) in [7, 11) is 1.56. The van der Waals surface area contributed by atoms with Crippen LogP contribution < -0.4 is 10.4 Å². The molecule has 3 aromatic rings. The Hall–Kier alpha value is -2.73. The van der Waals surface area contributed by atoms with E-state index in [1.165, 1.54) is 0 Å². The molecular weight excluding hydrogens is 376 g/mol. The molecule has 0 amide bonds. The Bertz CT molecular complexity index is 1040. The fourth-order valence-electron chi connectivity index (χ4n) is 2.98. The lowest BCUT2D eigenvalue weighted by Gasteiger charge is -2.09. The Morgan fingerprint density at radius 1 is 1.14 bits per heavy atom. The van der Waals surface area contributed by atoms with Crippen LogP contribution in [0.2, 0.25) is 0 Å². The van der Waals surface area contributed by atoms with Gasteiger partial charge < -0.3 is 13.9 Å². The van der Waals surface area contributed by atoms with Crippen LogP contribution in [-0.4, -0.2) is 19.3 Å². The minimum Gasteiger partial charge on any atom is -0.497 e. The number of carbonyl (C=O) groups excluding carboxylic acids is 1. The smallest absolute Gasteiger partial charge is 0.339 e. The van der Waals surface area contributed by atoms with Gasteiger partial charge in [-0.15, -0.1) is 11.8 Å². The SMILES string of the molecule is COc1ccc2c(C)c(CCC(=O)OCc3ccc(SC)cc3)c(=O)oc2c1. The van der Waals surface area contributed by atoms with Crippen molar-refractivity contribution < 1.29 is 18.7 Å². The first-order valence-electron chi connectivity index (χ1n) is 8.90. The van der Waals surface area contributed by atoms with Gasteiger partial charge in [0.05, 0.1) is 7.11 Å². The summed E-state index contributed by atoms with van der Waals surface area (Å²) < 4.78 is 15.9. The number of benzene rings is 2. The van der Waals surface area contributed by atoms with E-state index in [1.807, 2.05) is 49.6 Å². The minimum absolute atomic E-state index is 0.121. The topological polar surface area (TPSA) is 65.7 Å². The number of aryl methyl sites for hydroxylation is 1. The normalized spacial score (nSPS) is 10.8. The number of thioether (sulfide) groups is 1. The molecule has 5 nitrogen and oxygen atoms in total. The van der Waals surface area contributed by atoms with E-state index < -0.39 is 5.63 Å². The first kappa shape index (κ1) is 20.0. The molecule has 0 aliphatic carbocycles. The molecule has 146 valence electrons. The number of methoxy groups -OCH3 is 1. The highest BCUT2D eigenvalue weighted by molar-refractivity contribution is 7.98. The first-order chi connectivity index (χ1) is 13.5. The third kappa shape index (κ3) is 4.57. The molecule has 2 aromatic carbocycles. The molecule has 0 fully saturated rings. The molecule has 28 heavy (non-hydrogen) atoms. The molecule has 6 heteroatoms. The van der Waals surface area contributed by atoms with Gasteiger partial charge in [-0.25, -0.2) is 4.79 Å². The predicted molar refractivity (Wildman–Crippen MR) is 110 cm³/mol. The number of esters is 1. The van der Waals surface area contributed by atoms with E-state index in [0.717, 1.165) is 21.4 Å². The second-order valence-corrected chi connectivity index (χ2v) is 7.24. The van der Waals surface area contributed by atoms with Crippen LogP contribution in [0.25, 0.3) is 11.0 Å². The summed E-state index contributed by atoms with van der Waals surface area (Å²) in [4.78, 5) is 25.6. The van der Waals surface area contributed by atoms with Gasteiger partial charge >= 0.3 is 11.6 Å². The molecule has 0 spiro atoms. The van der Waals surface area contributed by atoms with Crippen LogP contribution in [0.4, 0.5) is 0 Å². The van der Waals surface area contributed by atoms with Crippen LogP contribution in [0.15, 0.2) is 56.6 Å². The summed E-state index contributed by atoms with van der Waals surface area (Å²) in [5.74, 6) is 0.277. The highest BCUT2D eigenvalue weighted by atomic mass is 32.2. The second-order valence-electron chi connectivity index (χ2n) is 6.36. The Morgan fingerprint density at radius 3 is 2.57 bits per heavy atom. The lowest BCUT2D eigenvalue weighted by molar-refractivity contribution is -0.144. The zero-order chi connectivity index (χ0) is 20.1. The molecule has 0 saturated heterocycles. The number of carbonyl (C=O) groups is 1. The number of rotatable bonds is 7. The van der Waals surface area contributed by atoms with E-state index >= 15 is 0 Å². The van der Waals surface area contributed by atoms with Crippen LogP contribution in [0.5, 0.6) is 5.75 Å². The van der Waals surface area contributed by atoms with Gasteiger partial charge in [-0.05, 0) is 55.0 Å². The average Bonchev–Trinajstić information content (AvgIpc) is 2.71. The molecule has 0 bridgehead atoms. The Balaban J connectivity index is 1.65. The maximum absolute atomic E-state index is 12.3. The van der Waals surface area contributed by atoms with E-state index in [4.69, 9.17) is 13.9 Å². The molecule has 0 saturated carbocycles. The van der Waals surface area contributed by atoms with Crippen LogP contribution >= 0.6 is 11.8 Å². The molecule has 0 radical (unpaired) electrons. The molecule has 1 heterocycles. The molecule has 0 aliphatic rings. The molecule has 0 N–H and O–H groups in total. The minimum atomic E-state index is -0.432. The second kappa shape index (κ2) is 8.97. The molecule has 0 aliphatic heterocycles. The van der Waals surface area contributed by atoms with Crippen molar-refractivity contribution in [1.29, 1.82) is 0 Å². The molecule has 0 atom stereocenters. The predicted octanol–water partition coefficient (Wildman–Crippen LogP) is 4.51. The summed E-state index contributed by atoms with van der Waals surface area (Å²) in [5, 5.41) is 0.831. The van der Waals surface area contributed by atoms with E-state index in [-0.39, 0.29) is 25.4 Å². The monoisotopic (exact) mass is 398 g/mol. The van der Waals surface area contributed by atoms with Crippen molar-refractivity contribution in [2.45, 2.75) is 31.3 Å². The fraction of sp³-hybridized carbons (Fsp3) is 0.273. The standard InChI is InChI=1S/C22H22O5S/c1-14-18-9-6-16(25-2)12-20(18)27-22(24)19(14)10-11-21(23)26-13-15-4-7-17(28-3)8-5-15/h4-9,12H,10-11,13H2,1-3H3. The molecule has 3 rings (SSSR count). The number of fused-ring (bicyclic) bond motifs is 1. The Kier molecular flexibility index (Phi) is 6.41. The quantitative estimate of drug-likeness (QED) is 0.331. The van der Waals surface area contributed by atoms with Crippen molar-refractivity contribution in [2.24, 2.45) is 0 Å². The lowest BCUT2D eigenvalue weighted by Crippen LogP contribution is -2.13. The summed E-state index contributed by atoms with van der Waals surface area (Å²) in [6.45, 7) is 2.08. The van der Waals surface area contributed by atoms with Crippen LogP contribution in [0.3, 0.4) is 0 Å². The van der Waals surface area contributed by atoms with Crippen molar-refractivity contribution in [3.63, 3.8) is 0 Å². The van der Waals surface area contributed by atoms with E-state index in [0.29, 0.717) is 16.9 Å². The number of hydrogen-bond acceptors (Lipinski definition) is 6. The van der Waals surface area contributed by atoms with Gasteiger partial charge in [-0.3, -0.25) is 4.79 Å². The Labute approximate surface area is 167 Å². The van der Waals surface area contributed by atoms with Crippen LogP contribution in [0, 0.1) is 6.92 Å². The zero-order valence-corrected chi connectivity index (χ0v) is 16.9. The van der Waals surface area contributed by atoms with Gasteiger partial charge in [-0.1, -0.05) is 12.1 Å². The van der Waals surface area contributed by atoms with Crippen molar-refractivity contribution in [1.82, 2.24) is 0 Å². The van der Waals surface area contributed by atoms with Gasteiger partial charge in [0.1, 0.15) is 17.9 Å². The summed E-state index contributed by atoms with van der Waals surface area (Å²) in [6, 6.07) is 13.2. The van der Waals surface area contributed by atoms with Crippen LogP contribution in [-0.2, 0) is 22.6 Å². The summed E-state index contributed by atoms with van der Waals surface area (Å²) >= 11 is 1.66. The van der Waals surface area contributed by atoms with E-state index in [2.05, 4.69) is 0 Å². The maximum Gasteiger partial charge on any atom is 0.339 e. The number of ether oxygens (including phenoxy) is 2. The average molecular weight is 398 g/mol. The van der Waals surface area contributed by atoms with Crippen LogP contribution in [0.1, 0.15) is 23.1 Å². The lowest BCUT2D eigenvalue weighted by atomic mass is 10.0. The molecular formula is C22H22O5S.